The van der Waals surface area contributed by atoms with Gasteiger partial charge in [0.2, 0.25) is 5.95 Å². The van der Waals surface area contributed by atoms with Gasteiger partial charge in [0.15, 0.2) is 11.6 Å². The fourth-order valence-electron chi connectivity index (χ4n) is 10.7. The Labute approximate surface area is 385 Å². The number of ether oxygens (including phenoxy) is 1. The van der Waals surface area contributed by atoms with Gasteiger partial charge in [0.25, 0.3) is 11.8 Å². The molecule has 0 atom stereocenters. The Morgan fingerprint density at radius 3 is 2.24 bits per heavy atom. The number of aromatic hydroxyl groups is 2. The number of morpholine rings is 1. The van der Waals surface area contributed by atoms with Gasteiger partial charge in [-0.05, 0) is 85.0 Å². The van der Waals surface area contributed by atoms with E-state index in [-0.39, 0.29) is 40.7 Å². The van der Waals surface area contributed by atoms with Gasteiger partial charge in [-0.1, -0.05) is 32.0 Å². The number of amides is 2. The number of fused-ring (bicyclic) bond motifs is 2. The minimum Gasteiger partial charge on any atom is -0.508 e. The Morgan fingerprint density at radius 2 is 1.52 bits per heavy atom. The lowest BCUT2D eigenvalue weighted by atomic mass is 9.95. The van der Waals surface area contributed by atoms with Crippen molar-refractivity contribution < 1.29 is 24.5 Å². The van der Waals surface area contributed by atoms with Crippen LogP contribution >= 0.6 is 0 Å². The first-order valence-corrected chi connectivity index (χ1v) is 23.8. The van der Waals surface area contributed by atoms with Crippen LogP contribution in [0.2, 0.25) is 0 Å². The average Bonchev–Trinajstić information content (AvgIpc) is 3.97. The second kappa shape index (κ2) is 18.8. The molecule has 4 saturated heterocycles. The maximum absolute atomic E-state index is 14.0. The van der Waals surface area contributed by atoms with Crippen LogP contribution in [0.4, 0.5) is 11.8 Å². The molecule has 10 rings (SSSR count). The summed E-state index contributed by atoms with van der Waals surface area (Å²) in [5.74, 6) is 1.66. The number of hydrogen-bond acceptors (Lipinski definition) is 14. The van der Waals surface area contributed by atoms with Gasteiger partial charge in [0, 0.05) is 109 Å². The number of nitrogen functional groups attached to an aromatic ring is 1. The summed E-state index contributed by atoms with van der Waals surface area (Å²) in [6, 6.07) is 12.1. The van der Waals surface area contributed by atoms with Crippen molar-refractivity contribution in [3.8, 4) is 22.9 Å². The Kier molecular flexibility index (Phi) is 12.5. The molecular weight excluding hydrogens is 837 g/mol. The van der Waals surface area contributed by atoms with Crippen molar-refractivity contribution in [2.75, 3.05) is 95.8 Å². The number of nitrogens with zero attached hydrogens (tertiary/aromatic N) is 11. The Hall–Kier alpha value is -5.88. The number of piperidine rings is 2. The van der Waals surface area contributed by atoms with Crippen molar-refractivity contribution in [3.63, 3.8) is 0 Å². The number of carbonyl (C=O) groups excluding carboxylic acids is 2. The first-order chi connectivity index (χ1) is 32.0. The molecule has 0 radical (unpaired) electrons. The van der Waals surface area contributed by atoms with E-state index in [0.717, 1.165) is 101 Å². The van der Waals surface area contributed by atoms with E-state index in [2.05, 4.69) is 47.8 Å². The molecule has 5 aliphatic rings. The summed E-state index contributed by atoms with van der Waals surface area (Å²) < 4.78 is 7.38. The number of phenolic OH excluding ortho intramolecular Hbond substituents is 2. The van der Waals surface area contributed by atoms with Crippen molar-refractivity contribution in [2.24, 2.45) is 5.92 Å². The van der Waals surface area contributed by atoms with Crippen LogP contribution in [0, 0.1) is 5.92 Å². The molecule has 348 valence electrons. The van der Waals surface area contributed by atoms with Gasteiger partial charge in [0.05, 0.1) is 29.9 Å². The lowest BCUT2D eigenvalue weighted by Gasteiger charge is -2.44. The highest BCUT2D eigenvalue weighted by Gasteiger charge is 2.32. The number of aromatic nitrogens is 5. The van der Waals surface area contributed by atoms with E-state index in [1.807, 2.05) is 31.0 Å². The van der Waals surface area contributed by atoms with Crippen LogP contribution in [0.15, 0.2) is 55.0 Å². The maximum atomic E-state index is 14.0. The zero-order chi connectivity index (χ0) is 45.5. The highest BCUT2D eigenvalue weighted by molar-refractivity contribution is 5.98. The number of rotatable bonds is 10. The van der Waals surface area contributed by atoms with E-state index in [9.17, 15) is 19.8 Å². The Bertz CT molecular complexity index is 2550. The molecule has 0 spiro atoms. The van der Waals surface area contributed by atoms with Crippen LogP contribution in [-0.4, -0.2) is 162 Å². The summed E-state index contributed by atoms with van der Waals surface area (Å²) >= 11 is 0. The zero-order valence-corrected chi connectivity index (χ0v) is 38.2. The van der Waals surface area contributed by atoms with Crippen molar-refractivity contribution >= 4 is 29.1 Å². The third-order valence-corrected chi connectivity index (χ3v) is 14.5. The molecule has 5 aliphatic heterocycles. The predicted octanol–water partition coefficient (Wildman–Crippen LogP) is 4.43. The van der Waals surface area contributed by atoms with E-state index in [4.69, 9.17) is 20.6 Å². The van der Waals surface area contributed by atoms with Crippen molar-refractivity contribution in [1.29, 1.82) is 0 Å². The van der Waals surface area contributed by atoms with E-state index < -0.39 is 0 Å². The highest BCUT2D eigenvalue weighted by Crippen LogP contribution is 2.35. The van der Waals surface area contributed by atoms with E-state index in [1.165, 1.54) is 24.5 Å². The SMILES string of the molecule is CC(C)c1cc(C(=O)N2Cc3ccc(CN4CCC(N5CCN(CC6CCN(C(=O)c7cc8c(N9CCOCC9)nc(-c9cnc(N)nc9)nn8c7)CC6)CC5)CC4)cc3C2)c(O)cc1O. The van der Waals surface area contributed by atoms with Gasteiger partial charge in [-0.3, -0.25) is 19.4 Å². The average molecular weight is 899 g/mol. The Balaban J connectivity index is 0.670. The van der Waals surface area contributed by atoms with Crippen LogP contribution in [0.5, 0.6) is 11.5 Å². The van der Waals surface area contributed by atoms with Crippen LogP contribution < -0.4 is 10.6 Å². The third kappa shape index (κ3) is 9.26. The Morgan fingerprint density at radius 1 is 0.788 bits per heavy atom. The molecule has 66 heavy (non-hydrogen) atoms. The van der Waals surface area contributed by atoms with Crippen LogP contribution in [0.3, 0.4) is 0 Å². The lowest BCUT2D eigenvalue weighted by molar-refractivity contribution is 0.0442. The topological polar surface area (TPSA) is 185 Å². The molecule has 4 fully saturated rings. The van der Waals surface area contributed by atoms with Gasteiger partial charge >= 0.3 is 0 Å². The number of hydrogen-bond donors (Lipinski definition) is 3. The molecular formula is C49H62N12O5. The largest absolute Gasteiger partial charge is 0.508 e. The fraction of sp³-hybridized carbons (Fsp3) is 0.510. The molecule has 17 nitrogen and oxygen atoms in total. The fourth-order valence-corrected chi connectivity index (χ4v) is 10.7. The number of likely N-dealkylation sites (tertiary alicyclic amines) is 2. The molecule has 0 bridgehead atoms. The molecule has 2 aromatic carbocycles. The first-order valence-electron chi connectivity index (χ1n) is 23.8. The number of piperazine rings is 1. The minimum atomic E-state index is -0.217. The third-order valence-electron chi connectivity index (χ3n) is 14.5. The molecule has 2 amide bonds. The number of phenols is 2. The van der Waals surface area contributed by atoms with Crippen molar-refractivity contribution in [1.82, 2.24) is 49.1 Å². The van der Waals surface area contributed by atoms with Crippen LogP contribution in [-0.2, 0) is 24.4 Å². The first kappa shape index (κ1) is 44.0. The van der Waals surface area contributed by atoms with Crippen molar-refractivity contribution in [2.45, 2.75) is 71.1 Å². The highest BCUT2D eigenvalue weighted by atomic mass is 16.5. The molecule has 5 aromatic rings. The maximum Gasteiger partial charge on any atom is 0.258 e. The number of carbonyl (C=O) groups is 2. The van der Waals surface area contributed by atoms with E-state index in [0.29, 0.717) is 73.9 Å². The second-order valence-corrected chi connectivity index (χ2v) is 19.2. The zero-order valence-electron chi connectivity index (χ0n) is 38.2. The molecule has 17 heteroatoms. The number of anilines is 2. The molecule has 0 unspecified atom stereocenters. The molecule has 3 aromatic heterocycles. The van der Waals surface area contributed by atoms with Crippen molar-refractivity contribution in [3.05, 3.63) is 88.4 Å². The summed E-state index contributed by atoms with van der Waals surface area (Å²) in [7, 11) is 0. The van der Waals surface area contributed by atoms with Gasteiger partial charge < -0.3 is 40.3 Å². The monoisotopic (exact) mass is 898 g/mol. The quantitative estimate of drug-likeness (QED) is 0.179. The van der Waals surface area contributed by atoms with Gasteiger partial charge in [-0.25, -0.2) is 19.5 Å². The smallest absolute Gasteiger partial charge is 0.258 e. The second-order valence-electron chi connectivity index (χ2n) is 19.2. The summed E-state index contributed by atoms with van der Waals surface area (Å²) in [5, 5.41) is 25.6. The normalized spacial score (nSPS) is 19.6. The molecule has 0 aliphatic carbocycles. The molecule has 8 heterocycles. The van der Waals surface area contributed by atoms with Crippen LogP contribution in [0.1, 0.15) is 88.4 Å². The molecule has 0 saturated carbocycles. The molecule has 4 N–H and O–H groups in total. The predicted molar refractivity (Wildman–Crippen MR) is 250 cm³/mol. The summed E-state index contributed by atoms with van der Waals surface area (Å²) in [5.41, 5.74) is 12.3. The van der Waals surface area contributed by atoms with Gasteiger partial charge in [-0.2, -0.15) is 0 Å². The number of nitrogens with two attached hydrogens (primary N) is 1. The number of benzene rings is 2. The van der Waals surface area contributed by atoms with E-state index >= 15 is 0 Å². The standard InChI is InChI=1S/C49H62N12O5/c1-32(2)40-23-41(44(63)24-43(40)62)48(65)60-29-35-4-3-34(21-36(35)30-60)28-55-9-7-39(8-10-55)57-15-13-56(14-16-57)27-33-5-11-59(12-6-33)47(64)37-22-42-46(58-17-19-66-20-18-58)53-45(54-61(42)31-37)38-25-51-49(50)52-26-38/h3-4,21-26,31-33,39,62-63H,5-20,27-30H2,1-2H3,(H2,50,51,52). The summed E-state index contributed by atoms with van der Waals surface area (Å²) in [4.78, 5) is 54.5. The summed E-state index contributed by atoms with van der Waals surface area (Å²) in [6.07, 6.45) is 9.41. The van der Waals surface area contributed by atoms with E-state index in [1.54, 1.807) is 27.9 Å². The lowest BCUT2D eigenvalue weighted by Crippen LogP contribution is -2.54. The summed E-state index contributed by atoms with van der Waals surface area (Å²) in [6.45, 7) is 17.6. The van der Waals surface area contributed by atoms with Gasteiger partial charge in [-0.15, -0.1) is 5.10 Å². The van der Waals surface area contributed by atoms with Gasteiger partial charge in [0.1, 0.15) is 17.0 Å². The minimum absolute atomic E-state index is 0.0127. The van der Waals surface area contributed by atoms with Crippen LogP contribution in [0.25, 0.3) is 16.9 Å².